The summed E-state index contributed by atoms with van der Waals surface area (Å²) in [6.45, 7) is 18.5. The van der Waals surface area contributed by atoms with Gasteiger partial charge in [-0.1, -0.05) is 79.7 Å². The van der Waals surface area contributed by atoms with E-state index in [-0.39, 0.29) is 10.8 Å². The van der Waals surface area contributed by atoms with Crippen molar-refractivity contribution in [2.24, 2.45) is 5.41 Å². The highest BCUT2D eigenvalue weighted by molar-refractivity contribution is 5.74. The molecule has 250 valence electrons. The number of benzene rings is 2. The maximum Gasteiger partial charge on any atom is 0.309 e. The van der Waals surface area contributed by atoms with Crippen LogP contribution in [0.15, 0.2) is 54.6 Å². The molecule has 0 atom stereocenters. The molecular formula is C39H54N2O5. The van der Waals surface area contributed by atoms with Crippen molar-refractivity contribution in [3.8, 4) is 11.5 Å². The van der Waals surface area contributed by atoms with Gasteiger partial charge in [0.05, 0.1) is 36.6 Å². The van der Waals surface area contributed by atoms with Gasteiger partial charge in [-0.15, -0.1) is 0 Å². The first-order valence-electron chi connectivity index (χ1n) is 16.5. The van der Waals surface area contributed by atoms with Gasteiger partial charge in [-0.05, 0) is 78.1 Å². The number of ether oxygens (including phenoxy) is 2. The first-order valence-corrected chi connectivity index (χ1v) is 16.5. The van der Waals surface area contributed by atoms with Crippen LogP contribution >= 0.6 is 0 Å². The summed E-state index contributed by atoms with van der Waals surface area (Å²) in [5.74, 6) is 0.397. The van der Waals surface area contributed by atoms with E-state index in [1.165, 1.54) is 0 Å². The third-order valence-electron chi connectivity index (χ3n) is 8.55. The van der Waals surface area contributed by atoms with Crippen LogP contribution < -0.4 is 10.1 Å². The molecule has 1 heterocycles. The van der Waals surface area contributed by atoms with Gasteiger partial charge in [0.2, 0.25) is 0 Å². The number of hydrogen-bond donors (Lipinski definition) is 3. The summed E-state index contributed by atoms with van der Waals surface area (Å²) in [6.07, 6.45) is 6.55. The Morgan fingerprint density at radius 2 is 1.54 bits per heavy atom. The zero-order chi connectivity index (χ0) is 34.0. The SMILES string of the molecule is CCC(CC)(CCNc1cccc(C=Cc2cccc(COCCCOc3cc(C(C)(C)C)c(O)c(C(C)(C)C)c3)n2)c1)C(=O)O. The molecule has 0 saturated heterocycles. The van der Waals surface area contributed by atoms with Gasteiger partial charge in [0.25, 0.3) is 0 Å². The van der Waals surface area contributed by atoms with Crippen molar-refractivity contribution in [1.82, 2.24) is 4.98 Å². The lowest BCUT2D eigenvalue weighted by molar-refractivity contribution is -0.149. The number of anilines is 1. The molecule has 3 N–H and O–H groups in total. The Hall–Kier alpha value is -3.84. The van der Waals surface area contributed by atoms with Crippen LogP contribution in [0.5, 0.6) is 11.5 Å². The van der Waals surface area contributed by atoms with Crippen molar-refractivity contribution < 1.29 is 24.5 Å². The van der Waals surface area contributed by atoms with Gasteiger partial charge < -0.3 is 25.0 Å². The van der Waals surface area contributed by atoms with Crippen LogP contribution in [0.3, 0.4) is 0 Å². The van der Waals surface area contributed by atoms with Crippen molar-refractivity contribution >= 4 is 23.8 Å². The molecule has 0 fully saturated rings. The number of nitrogens with one attached hydrogen (secondary N) is 1. The second-order valence-electron chi connectivity index (χ2n) is 14.1. The first-order chi connectivity index (χ1) is 21.7. The second kappa shape index (κ2) is 16.1. The standard InChI is InChI=1S/C39H54N2O5/c1-9-39(10-2,36(43)44)20-21-40-30-16-11-14-28(24-30)18-19-29-15-12-17-31(41-29)27-45-22-13-23-46-32-25-33(37(3,4)5)35(42)34(26-32)38(6,7)8/h11-12,14-19,24-26,40,42H,9-10,13,20-23,27H2,1-8H3,(H,43,44). The predicted octanol–water partition coefficient (Wildman–Crippen LogP) is 9.23. The maximum absolute atomic E-state index is 11.8. The van der Waals surface area contributed by atoms with E-state index in [0.29, 0.717) is 51.4 Å². The number of aromatic nitrogens is 1. The van der Waals surface area contributed by atoms with Crippen LogP contribution in [0.25, 0.3) is 12.2 Å². The summed E-state index contributed by atoms with van der Waals surface area (Å²) in [6, 6.07) is 17.9. The summed E-state index contributed by atoms with van der Waals surface area (Å²) in [5, 5.41) is 24.0. The van der Waals surface area contributed by atoms with Gasteiger partial charge in [-0.25, -0.2) is 0 Å². The predicted molar refractivity (Wildman–Crippen MR) is 189 cm³/mol. The van der Waals surface area contributed by atoms with Crippen LogP contribution in [0, 0.1) is 5.41 Å². The average Bonchev–Trinajstić information content (AvgIpc) is 3.00. The lowest BCUT2D eigenvalue weighted by atomic mass is 9.79. The third kappa shape index (κ3) is 10.3. The molecule has 1 aromatic heterocycles. The van der Waals surface area contributed by atoms with Gasteiger partial charge >= 0.3 is 5.97 Å². The topological polar surface area (TPSA) is 101 Å². The molecule has 3 rings (SSSR count). The van der Waals surface area contributed by atoms with E-state index in [1.807, 2.05) is 74.5 Å². The summed E-state index contributed by atoms with van der Waals surface area (Å²) in [7, 11) is 0. The minimum atomic E-state index is -0.722. The van der Waals surface area contributed by atoms with Crippen LogP contribution in [0.4, 0.5) is 5.69 Å². The van der Waals surface area contributed by atoms with Gasteiger partial charge in [-0.2, -0.15) is 0 Å². The fraction of sp³-hybridized carbons (Fsp3) is 0.487. The molecule has 7 heteroatoms. The number of rotatable bonds is 16. The number of carbonyl (C=O) groups is 1. The number of phenols is 1. The first kappa shape index (κ1) is 36.6. The molecule has 46 heavy (non-hydrogen) atoms. The minimum Gasteiger partial charge on any atom is -0.507 e. The number of aromatic hydroxyl groups is 1. The Bertz CT molecular complexity index is 1430. The highest BCUT2D eigenvalue weighted by atomic mass is 16.5. The third-order valence-corrected chi connectivity index (χ3v) is 8.55. The van der Waals surface area contributed by atoms with E-state index in [1.54, 1.807) is 0 Å². The van der Waals surface area contributed by atoms with E-state index in [2.05, 4.69) is 52.9 Å². The molecule has 2 aromatic carbocycles. The molecule has 0 bridgehead atoms. The highest BCUT2D eigenvalue weighted by Crippen LogP contribution is 2.41. The maximum atomic E-state index is 11.8. The zero-order valence-corrected chi connectivity index (χ0v) is 29.1. The number of phenolic OH excluding ortho intramolecular Hbond substituents is 1. The fourth-order valence-corrected chi connectivity index (χ4v) is 5.43. The number of hydrogen-bond acceptors (Lipinski definition) is 6. The molecule has 0 unspecified atom stereocenters. The zero-order valence-electron chi connectivity index (χ0n) is 29.1. The summed E-state index contributed by atoms with van der Waals surface area (Å²) in [4.78, 5) is 16.5. The lowest BCUT2D eigenvalue weighted by Crippen LogP contribution is -2.31. The molecule has 0 amide bonds. The Morgan fingerprint density at radius 3 is 2.15 bits per heavy atom. The average molecular weight is 631 g/mol. The largest absolute Gasteiger partial charge is 0.507 e. The van der Waals surface area contributed by atoms with Gasteiger partial charge in [-0.3, -0.25) is 9.78 Å². The van der Waals surface area contributed by atoms with Crippen molar-refractivity contribution in [3.63, 3.8) is 0 Å². The van der Waals surface area contributed by atoms with E-state index >= 15 is 0 Å². The number of carboxylic acid groups (broad SMARTS) is 1. The van der Waals surface area contributed by atoms with Crippen molar-refractivity contribution in [2.45, 2.75) is 98.5 Å². The van der Waals surface area contributed by atoms with E-state index in [9.17, 15) is 15.0 Å². The molecule has 0 aliphatic carbocycles. The normalized spacial score (nSPS) is 12.4. The summed E-state index contributed by atoms with van der Waals surface area (Å²) in [5.41, 5.74) is 4.38. The van der Waals surface area contributed by atoms with Crippen molar-refractivity contribution in [3.05, 3.63) is 82.7 Å². The van der Waals surface area contributed by atoms with E-state index < -0.39 is 11.4 Å². The molecule has 3 aromatic rings. The number of nitrogens with zero attached hydrogens (tertiary/aromatic N) is 1. The monoisotopic (exact) mass is 630 g/mol. The van der Waals surface area contributed by atoms with Gasteiger partial charge in [0.15, 0.2) is 0 Å². The molecule has 0 radical (unpaired) electrons. The van der Waals surface area contributed by atoms with Gasteiger partial charge in [0, 0.05) is 29.8 Å². The highest BCUT2D eigenvalue weighted by Gasteiger charge is 2.34. The quantitative estimate of drug-likeness (QED) is 0.136. The van der Waals surface area contributed by atoms with E-state index in [0.717, 1.165) is 45.9 Å². The Morgan fingerprint density at radius 1 is 0.891 bits per heavy atom. The van der Waals surface area contributed by atoms with Gasteiger partial charge in [0.1, 0.15) is 11.5 Å². The summed E-state index contributed by atoms with van der Waals surface area (Å²) >= 11 is 0. The number of aliphatic carboxylic acids is 1. The Kier molecular flexibility index (Phi) is 12.8. The number of pyridine rings is 1. The Labute approximate surface area is 276 Å². The molecular weight excluding hydrogens is 576 g/mol. The van der Waals surface area contributed by atoms with E-state index in [4.69, 9.17) is 14.5 Å². The van der Waals surface area contributed by atoms with Crippen LogP contribution in [-0.2, 0) is 27.0 Å². The Balaban J connectivity index is 1.49. The fourth-order valence-electron chi connectivity index (χ4n) is 5.43. The van der Waals surface area contributed by atoms with Crippen LogP contribution in [0.1, 0.15) is 109 Å². The molecule has 0 aliphatic heterocycles. The minimum absolute atomic E-state index is 0.202. The lowest BCUT2D eigenvalue weighted by Gasteiger charge is -2.28. The van der Waals surface area contributed by atoms with Crippen molar-refractivity contribution in [2.75, 3.05) is 25.1 Å². The number of carboxylic acids is 1. The molecule has 0 spiro atoms. The smallest absolute Gasteiger partial charge is 0.309 e. The molecule has 7 nitrogen and oxygen atoms in total. The molecule has 0 saturated carbocycles. The molecule has 0 aliphatic rings. The van der Waals surface area contributed by atoms with Crippen LogP contribution in [-0.4, -0.2) is 40.9 Å². The second-order valence-corrected chi connectivity index (χ2v) is 14.1. The van der Waals surface area contributed by atoms with Crippen molar-refractivity contribution in [1.29, 1.82) is 0 Å². The van der Waals surface area contributed by atoms with Crippen LogP contribution in [0.2, 0.25) is 0 Å². The summed E-state index contributed by atoms with van der Waals surface area (Å²) < 4.78 is 12.0.